The third kappa shape index (κ3) is 5.83. The molecule has 0 fully saturated rings. The largest absolute Gasteiger partial charge is 0.495 e. The highest BCUT2D eigenvalue weighted by Crippen LogP contribution is 2.28. The first kappa shape index (κ1) is 21.8. The fourth-order valence-electron chi connectivity index (χ4n) is 2.71. The molecule has 3 aromatic rings. The van der Waals surface area contributed by atoms with Crippen LogP contribution >= 0.6 is 12.2 Å². The maximum absolute atomic E-state index is 12.5. The van der Waals surface area contributed by atoms with Crippen molar-refractivity contribution in [2.45, 2.75) is 6.92 Å². The molecule has 0 atom stereocenters. The second-order valence-electron chi connectivity index (χ2n) is 6.22. The average Bonchev–Trinajstić information content (AvgIpc) is 3.29. The number of hydrogen-bond acceptors (Lipinski definition) is 6. The normalized spacial score (nSPS) is 10.1. The molecule has 0 unspecified atom stereocenters. The summed E-state index contributed by atoms with van der Waals surface area (Å²) < 4.78 is 15.8. The van der Waals surface area contributed by atoms with Crippen LogP contribution in [0.4, 0.5) is 11.4 Å². The molecule has 2 amide bonds. The Balaban J connectivity index is 1.69. The summed E-state index contributed by atoms with van der Waals surface area (Å²) >= 11 is 5.27. The molecule has 1 heterocycles. The standard InChI is InChI=1S/C22H21N3O5S/c1-3-29-16-7-4-6-14(12-16)20(26)25-22(31)24-17-13-15(9-10-18(17)28-2)23-21(27)19-8-5-11-30-19/h4-13H,3H2,1-2H3,(H,23,27)(H2,24,25,26,31). The van der Waals surface area contributed by atoms with E-state index in [9.17, 15) is 9.59 Å². The predicted molar refractivity (Wildman–Crippen MR) is 121 cm³/mol. The first-order valence-electron chi connectivity index (χ1n) is 9.38. The van der Waals surface area contributed by atoms with Crippen molar-refractivity contribution < 1.29 is 23.5 Å². The van der Waals surface area contributed by atoms with E-state index in [2.05, 4.69) is 16.0 Å². The first-order chi connectivity index (χ1) is 15.0. The number of amides is 2. The molecular weight excluding hydrogens is 418 g/mol. The van der Waals surface area contributed by atoms with Crippen molar-refractivity contribution >= 4 is 40.5 Å². The van der Waals surface area contributed by atoms with E-state index in [1.165, 1.54) is 13.4 Å². The molecule has 0 bridgehead atoms. The lowest BCUT2D eigenvalue weighted by atomic mass is 10.2. The van der Waals surface area contributed by atoms with Gasteiger partial charge < -0.3 is 24.5 Å². The Kier molecular flexibility index (Phi) is 7.23. The van der Waals surface area contributed by atoms with Gasteiger partial charge in [0.25, 0.3) is 11.8 Å². The highest BCUT2D eigenvalue weighted by Gasteiger charge is 2.13. The fraction of sp³-hybridized carbons (Fsp3) is 0.136. The van der Waals surface area contributed by atoms with Crippen molar-refractivity contribution in [3.8, 4) is 11.5 Å². The Morgan fingerprint density at radius 2 is 1.87 bits per heavy atom. The highest BCUT2D eigenvalue weighted by atomic mass is 32.1. The van der Waals surface area contributed by atoms with Gasteiger partial charge in [0.1, 0.15) is 11.5 Å². The smallest absolute Gasteiger partial charge is 0.291 e. The second-order valence-corrected chi connectivity index (χ2v) is 6.62. The molecule has 0 spiro atoms. The molecule has 0 radical (unpaired) electrons. The Hall–Kier alpha value is -3.85. The number of carbonyl (C=O) groups excluding carboxylic acids is 2. The van der Waals surface area contributed by atoms with Gasteiger partial charge in [-0.1, -0.05) is 6.07 Å². The summed E-state index contributed by atoms with van der Waals surface area (Å²) in [6.07, 6.45) is 1.42. The summed E-state index contributed by atoms with van der Waals surface area (Å²) in [5.41, 5.74) is 1.36. The number of anilines is 2. The third-order valence-electron chi connectivity index (χ3n) is 4.08. The summed E-state index contributed by atoms with van der Waals surface area (Å²) in [7, 11) is 1.50. The van der Waals surface area contributed by atoms with E-state index in [1.807, 2.05) is 6.92 Å². The van der Waals surface area contributed by atoms with Crippen LogP contribution in [0.3, 0.4) is 0 Å². The Morgan fingerprint density at radius 1 is 1.03 bits per heavy atom. The van der Waals surface area contributed by atoms with E-state index in [1.54, 1.807) is 54.6 Å². The predicted octanol–water partition coefficient (Wildman–Crippen LogP) is 4.07. The molecule has 31 heavy (non-hydrogen) atoms. The zero-order valence-corrected chi connectivity index (χ0v) is 17.7. The topological polar surface area (TPSA) is 102 Å². The maximum atomic E-state index is 12.5. The zero-order chi connectivity index (χ0) is 22.2. The minimum Gasteiger partial charge on any atom is -0.495 e. The average molecular weight is 439 g/mol. The van der Waals surface area contributed by atoms with Crippen molar-refractivity contribution in [1.82, 2.24) is 5.32 Å². The van der Waals surface area contributed by atoms with Crippen LogP contribution in [-0.4, -0.2) is 30.6 Å². The second kappa shape index (κ2) is 10.3. The lowest BCUT2D eigenvalue weighted by Gasteiger charge is -2.14. The Bertz CT molecular complexity index is 1080. The summed E-state index contributed by atoms with van der Waals surface area (Å²) in [6, 6.07) is 14.9. The van der Waals surface area contributed by atoms with E-state index in [-0.39, 0.29) is 16.8 Å². The SMILES string of the molecule is CCOc1cccc(C(=O)NC(=S)Nc2cc(NC(=O)c3ccco3)ccc2OC)c1. The first-order valence-corrected chi connectivity index (χ1v) is 9.79. The number of carbonyl (C=O) groups is 2. The summed E-state index contributed by atoms with van der Waals surface area (Å²) in [4.78, 5) is 24.7. The van der Waals surface area contributed by atoms with Gasteiger partial charge in [-0.25, -0.2) is 0 Å². The summed E-state index contributed by atoms with van der Waals surface area (Å²) in [6.45, 7) is 2.36. The van der Waals surface area contributed by atoms with E-state index in [0.717, 1.165) is 0 Å². The van der Waals surface area contributed by atoms with Gasteiger partial charge in [-0.15, -0.1) is 0 Å². The van der Waals surface area contributed by atoms with Crippen molar-refractivity contribution in [3.05, 3.63) is 72.2 Å². The number of furan rings is 1. The number of thiocarbonyl (C=S) groups is 1. The summed E-state index contributed by atoms with van der Waals surface area (Å²) in [5.74, 6) is 0.468. The van der Waals surface area contributed by atoms with E-state index in [4.69, 9.17) is 26.1 Å². The lowest BCUT2D eigenvalue weighted by Crippen LogP contribution is -2.34. The highest BCUT2D eigenvalue weighted by molar-refractivity contribution is 7.80. The van der Waals surface area contributed by atoms with Crippen molar-refractivity contribution in [1.29, 1.82) is 0 Å². The van der Waals surface area contributed by atoms with Gasteiger partial charge in [0.15, 0.2) is 10.9 Å². The van der Waals surface area contributed by atoms with Crippen LogP contribution in [0.2, 0.25) is 0 Å². The summed E-state index contributed by atoms with van der Waals surface area (Å²) in [5, 5.41) is 8.33. The van der Waals surface area contributed by atoms with Gasteiger partial charge in [-0.05, 0) is 67.7 Å². The van der Waals surface area contributed by atoms with Crippen LogP contribution < -0.4 is 25.4 Å². The van der Waals surface area contributed by atoms with E-state index >= 15 is 0 Å². The van der Waals surface area contributed by atoms with Crippen molar-refractivity contribution in [2.75, 3.05) is 24.4 Å². The Morgan fingerprint density at radius 3 is 2.58 bits per heavy atom. The molecule has 3 rings (SSSR count). The number of nitrogens with one attached hydrogen (secondary N) is 3. The van der Waals surface area contributed by atoms with Crippen LogP contribution in [0.25, 0.3) is 0 Å². The molecule has 0 aliphatic carbocycles. The quantitative estimate of drug-likeness (QED) is 0.477. The van der Waals surface area contributed by atoms with Crippen molar-refractivity contribution in [3.63, 3.8) is 0 Å². The van der Waals surface area contributed by atoms with Crippen LogP contribution in [0.1, 0.15) is 27.8 Å². The minimum absolute atomic E-state index is 0.0691. The fourth-order valence-corrected chi connectivity index (χ4v) is 2.91. The van der Waals surface area contributed by atoms with E-state index in [0.29, 0.717) is 35.0 Å². The van der Waals surface area contributed by atoms with Gasteiger partial charge in [0.2, 0.25) is 0 Å². The molecular formula is C22H21N3O5S. The number of benzene rings is 2. The molecule has 160 valence electrons. The van der Waals surface area contributed by atoms with Gasteiger partial charge in [-0.3, -0.25) is 14.9 Å². The van der Waals surface area contributed by atoms with E-state index < -0.39 is 5.91 Å². The van der Waals surface area contributed by atoms with Crippen LogP contribution in [0.15, 0.2) is 65.3 Å². The number of methoxy groups -OCH3 is 1. The molecule has 2 aromatic carbocycles. The third-order valence-corrected chi connectivity index (χ3v) is 4.29. The van der Waals surface area contributed by atoms with Gasteiger partial charge >= 0.3 is 0 Å². The molecule has 0 saturated carbocycles. The molecule has 9 heteroatoms. The van der Waals surface area contributed by atoms with Gasteiger partial charge in [-0.2, -0.15) is 0 Å². The van der Waals surface area contributed by atoms with Gasteiger partial charge in [0.05, 0.1) is 25.7 Å². The lowest BCUT2D eigenvalue weighted by molar-refractivity contribution is 0.0974. The number of hydrogen-bond donors (Lipinski definition) is 3. The van der Waals surface area contributed by atoms with Crippen LogP contribution in [0, 0.1) is 0 Å². The molecule has 1 aromatic heterocycles. The molecule has 0 saturated heterocycles. The zero-order valence-electron chi connectivity index (χ0n) is 16.9. The van der Waals surface area contributed by atoms with Gasteiger partial charge in [0, 0.05) is 11.3 Å². The molecule has 0 aliphatic rings. The van der Waals surface area contributed by atoms with Crippen molar-refractivity contribution in [2.24, 2.45) is 0 Å². The maximum Gasteiger partial charge on any atom is 0.291 e. The molecule has 0 aliphatic heterocycles. The number of rotatable bonds is 7. The number of ether oxygens (including phenoxy) is 2. The Labute approximate surface area is 184 Å². The monoisotopic (exact) mass is 439 g/mol. The molecule has 3 N–H and O–H groups in total. The molecule has 8 nitrogen and oxygen atoms in total. The van der Waals surface area contributed by atoms with Crippen LogP contribution in [-0.2, 0) is 0 Å². The minimum atomic E-state index is -0.397. The van der Waals surface area contributed by atoms with Crippen LogP contribution in [0.5, 0.6) is 11.5 Å².